The maximum absolute atomic E-state index is 12.6. The number of pyridine rings is 1. The largest absolute Gasteiger partial charge is 0.507 e. The Labute approximate surface area is 432 Å². The van der Waals surface area contributed by atoms with E-state index in [1.807, 2.05) is 99.8 Å². The Bertz CT molecular complexity index is 3680. The Morgan fingerprint density at radius 1 is 0.551 bits per heavy atom. The van der Waals surface area contributed by atoms with Gasteiger partial charge in [-0.1, -0.05) is 183 Å². The lowest BCUT2D eigenvalue weighted by Gasteiger charge is -2.27. The van der Waals surface area contributed by atoms with Crippen molar-refractivity contribution in [2.45, 2.75) is 151 Å². The van der Waals surface area contributed by atoms with Crippen LogP contribution in [0, 0.1) is 6.85 Å². The smallest absolute Gasteiger partial charge is 0.149 e. The molecule has 6 aromatic carbocycles. The van der Waals surface area contributed by atoms with E-state index < -0.39 is 44.1 Å². The maximum atomic E-state index is 12.6. The molecule has 8 rings (SSSR count). The van der Waals surface area contributed by atoms with E-state index >= 15 is 0 Å². The highest BCUT2D eigenvalue weighted by molar-refractivity contribution is 5.97. The number of hydrogen-bond acceptors (Lipinski definition) is 3. The van der Waals surface area contributed by atoms with Gasteiger partial charge in [-0.05, 0) is 150 Å². The van der Waals surface area contributed by atoms with Crippen LogP contribution in [-0.2, 0) is 21.7 Å². The van der Waals surface area contributed by atoms with Crippen LogP contribution in [0.5, 0.6) is 5.75 Å². The molecule has 0 atom stereocenters. The first-order valence-electron chi connectivity index (χ1n) is 30.4. The minimum Gasteiger partial charge on any atom is -0.507 e. The zero-order chi connectivity index (χ0) is 61.0. The van der Waals surface area contributed by atoms with Crippen LogP contribution in [-0.4, -0.2) is 19.6 Å². The minimum atomic E-state index is -3.40. The highest BCUT2D eigenvalue weighted by atomic mass is 16.3. The molecule has 356 valence electrons. The van der Waals surface area contributed by atoms with E-state index in [2.05, 4.69) is 79.7 Å². The first kappa shape index (κ1) is 34.9. The number of phenols is 1. The Morgan fingerprint density at radius 3 is 1.84 bits per heavy atom. The van der Waals surface area contributed by atoms with Gasteiger partial charge < -0.3 is 5.11 Å². The molecule has 1 N–H and O–H groups in total. The number of aryl methyl sites for hydroxylation is 1. The molecule has 2 aromatic heterocycles. The minimum absolute atomic E-state index is 0.0328. The number of fused-ring (bicyclic) bond motifs is 1. The van der Waals surface area contributed by atoms with Crippen LogP contribution < -0.4 is 0 Å². The van der Waals surface area contributed by atoms with Gasteiger partial charge in [-0.25, -0.2) is 4.98 Å². The fourth-order valence-corrected chi connectivity index (χ4v) is 8.96. The molecule has 0 saturated heterocycles. The number of para-hydroxylation sites is 1. The molecule has 0 saturated carbocycles. The predicted molar refractivity (Wildman–Crippen MR) is 295 cm³/mol. The molecule has 0 spiro atoms. The molecular weight excluding hydrogens is 839 g/mol. The number of aromatic nitrogens is 3. The summed E-state index contributed by atoms with van der Waals surface area (Å²) >= 11 is 0. The van der Waals surface area contributed by atoms with E-state index in [1.165, 1.54) is 24.3 Å². The van der Waals surface area contributed by atoms with Crippen molar-refractivity contribution in [1.82, 2.24) is 14.5 Å². The van der Waals surface area contributed by atoms with Crippen molar-refractivity contribution in [3.05, 3.63) is 166 Å². The topological polar surface area (TPSA) is 50.9 Å². The van der Waals surface area contributed by atoms with Crippen LogP contribution in [0.25, 0.3) is 72.7 Å². The molecule has 0 fully saturated rings. The second-order valence-corrected chi connectivity index (χ2v) is 22.4. The summed E-state index contributed by atoms with van der Waals surface area (Å²) in [4.78, 5) is 10.3. The van der Waals surface area contributed by atoms with Crippen molar-refractivity contribution < 1.29 is 22.9 Å². The lowest BCUT2D eigenvalue weighted by atomic mass is 9.79. The van der Waals surface area contributed by atoms with Gasteiger partial charge >= 0.3 is 0 Å². The van der Waals surface area contributed by atoms with Gasteiger partial charge in [-0.15, -0.1) is 0 Å². The Balaban J connectivity index is 1.39. The van der Waals surface area contributed by atoms with Gasteiger partial charge in [0.25, 0.3) is 0 Å². The lowest BCUT2D eigenvalue weighted by Crippen LogP contribution is -2.17. The molecule has 0 unspecified atom stereocenters. The number of rotatable bonds is 8. The monoisotopic (exact) mass is 927 g/mol. The van der Waals surface area contributed by atoms with Crippen molar-refractivity contribution in [2.24, 2.45) is 0 Å². The van der Waals surface area contributed by atoms with Crippen molar-refractivity contribution in [3.63, 3.8) is 0 Å². The molecule has 0 bridgehead atoms. The van der Waals surface area contributed by atoms with Gasteiger partial charge in [-0.2, -0.15) is 0 Å². The Morgan fingerprint density at radius 2 is 1.20 bits per heavy atom. The first-order chi connectivity index (χ1) is 37.4. The fourth-order valence-electron chi connectivity index (χ4n) is 8.96. The van der Waals surface area contributed by atoms with Gasteiger partial charge in [0, 0.05) is 40.7 Å². The van der Waals surface area contributed by atoms with Crippen molar-refractivity contribution in [3.8, 4) is 67.5 Å². The summed E-state index contributed by atoms with van der Waals surface area (Å²) in [6.07, 6.45) is 1.64. The highest BCUT2D eigenvalue weighted by Gasteiger charge is 2.29. The van der Waals surface area contributed by atoms with E-state index in [9.17, 15) is 9.22 Å². The van der Waals surface area contributed by atoms with E-state index in [0.717, 1.165) is 44.5 Å². The Hall–Kier alpha value is -6.26. The summed E-state index contributed by atoms with van der Waals surface area (Å²) < 4.78 is 112. The van der Waals surface area contributed by atoms with E-state index in [0.29, 0.717) is 56.1 Å². The van der Waals surface area contributed by atoms with Gasteiger partial charge in [0.2, 0.25) is 0 Å². The summed E-state index contributed by atoms with van der Waals surface area (Å²) in [5, 5.41) is 12.6. The highest BCUT2D eigenvalue weighted by Crippen LogP contribution is 2.46. The molecule has 0 aliphatic rings. The number of phenolic OH excluding ortho intramolecular Hbond substituents is 1. The molecule has 2 heterocycles. The average molecular weight is 927 g/mol. The molecular formula is C65H75N3O. The lowest BCUT2D eigenvalue weighted by molar-refractivity contribution is 0.446. The predicted octanol–water partition coefficient (Wildman–Crippen LogP) is 18.2. The molecule has 0 aliphatic carbocycles. The molecule has 8 aromatic rings. The van der Waals surface area contributed by atoms with Gasteiger partial charge in [-0.3, -0.25) is 9.55 Å². The molecule has 0 aliphatic heterocycles. The number of benzene rings is 6. The summed E-state index contributed by atoms with van der Waals surface area (Å²) in [5.74, 6) is -0.388. The van der Waals surface area contributed by atoms with Crippen LogP contribution in [0.1, 0.15) is 179 Å². The first-order valence-corrected chi connectivity index (χ1v) is 23.9. The summed E-state index contributed by atoms with van der Waals surface area (Å²) in [5.41, 5.74) is 7.28. The normalized spacial score (nSPS) is 16.4. The molecule has 4 heteroatoms. The third-order valence-corrected chi connectivity index (χ3v) is 13.3. The zero-order valence-electron chi connectivity index (χ0n) is 55.5. The number of aromatic hydroxyl groups is 1. The molecule has 69 heavy (non-hydrogen) atoms. The fraction of sp³-hybridized carbons (Fsp3) is 0.354. The van der Waals surface area contributed by atoms with Gasteiger partial charge in [0.15, 0.2) is 0 Å². The standard InChI is InChI=1S/C65H75N3O/c1-39(2)45-30-46(40(3)4)32-47(31-45)43-23-26-57(41(5)29-43)68-58-20-18-19-53(59(58)67-61(68)54-37-52(64(12,13)14)38-55(60(54)69)65(15,16)17)48-33-49(35-51(34-48)63(9,10)11)56-36-44(27-28-66-56)42-21-24-50(25-22-42)62(6,7)8/h18-40,69H,1-17H3/i5D3,6D3,7D3,8D3,39D. The number of imidazole rings is 1. The van der Waals surface area contributed by atoms with Crippen LogP contribution in [0.15, 0.2) is 128 Å². The second-order valence-electron chi connectivity index (χ2n) is 22.4. The third kappa shape index (κ3) is 9.96. The van der Waals surface area contributed by atoms with Crippen LogP contribution in [0.3, 0.4) is 0 Å². The average Bonchev–Trinajstić information content (AvgIpc) is 1.06. The zero-order valence-corrected chi connectivity index (χ0v) is 42.5. The summed E-state index contributed by atoms with van der Waals surface area (Å²) in [6, 6.07) is 36.8. The quantitative estimate of drug-likeness (QED) is 0.165. The van der Waals surface area contributed by atoms with Gasteiger partial charge in [0.05, 0.1) is 28.0 Å². The van der Waals surface area contributed by atoms with Crippen molar-refractivity contribution in [1.29, 1.82) is 0 Å². The van der Waals surface area contributed by atoms with Crippen molar-refractivity contribution >= 4 is 11.0 Å². The van der Waals surface area contributed by atoms with E-state index in [4.69, 9.17) is 23.7 Å². The summed E-state index contributed by atoms with van der Waals surface area (Å²) in [6.45, 7) is 13.9. The SMILES string of the molecule is [2H]C([2H])([2H])c1cc(-c2cc(C(C)C)cc(C([2H])(C)C)c2)ccc1-n1c(-c2cc(C(C)(C)C)cc(C(C)(C)C)c2O)nc2c(-c3cc(-c4cc(-c5ccc(C(C([2H])([2H])[2H])(C([2H])([2H])[2H])C([2H])([2H])[2H])cc5)ccn4)cc(C(C)(C)C)c3)cccc21. The number of nitrogens with zero attached hydrogens (tertiary/aromatic N) is 3. The van der Waals surface area contributed by atoms with E-state index in [-0.39, 0.29) is 33.6 Å². The maximum Gasteiger partial charge on any atom is 0.149 e. The summed E-state index contributed by atoms with van der Waals surface area (Å²) in [7, 11) is 0. The number of hydrogen-bond donors (Lipinski definition) is 1. The Kier molecular flexibility index (Phi) is 9.07. The van der Waals surface area contributed by atoms with Crippen molar-refractivity contribution in [2.75, 3.05) is 0 Å². The third-order valence-electron chi connectivity index (χ3n) is 13.3. The van der Waals surface area contributed by atoms with Crippen LogP contribution in [0.2, 0.25) is 0 Å². The van der Waals surface area contributed by atoms with E-state index in [1.54, 1.807) is 18.3 Å². The second kappa shape index (κ2) is 17.9. The molecule has 0 radical (unpaired) electrons. The van der Waals surface area contributed by atoms with Gasteiger partial charge in [0.1, 0.15) is 11.6 Å². The molecule has 0 amide bonds. The van der Waals surface area contributed by atoms with Crippen LogP contribution >= 0.6 is 0 Å². The van der Waals surface area contributed by atoms with Crippen LogP contribution in [0.4, 0.5) is 0 Å². The molecule has 4 nitrogen and oxygen atoms in total.